The number of ketones is 1. The Balaban J connectivity index is 2.59. The molecule has 0 aromatic heterocycles. The lowest BCUT2D eigenvalue weighted by molar-refractivity contribution is -0.118. The quantitative estimate of drug-likeness (QED) is 0.427. The molecule has 2 nitrogen and oxygen atoms in total. The minimum atomic E-state index is -0.507. The van der Waals surface area contributed by atoms with E-state index >= 15 is 0 Å². The van der Waals surface area contributed by atoms with Gasteiger partial charge in [-0.25, -0.2) is 0 Å². The van der Waals surface area contributed by atoms with Crippen molar-refractivity contribution in [3.8, 4) is 0 Å². The van der Waals surface area contributed by atoms with Crippen molar-refractivity contribution >= 4 is 5.78 Å². The van der Waals surface area contributed by atoms with Crippen LogP contribution in [0, 0.1) is 0 Å². The molecule has 1 heterocycles. The van der Waals surface area contributed by atoms with E-state index in [0.717, 1.165) is 0 Å². The molecule has 0 N–H and O–H groups in total. The molecule has 1 saturated heterocycles. The smallest absolute Gasteiger partial charge is 0.189 e. The van der Waals surface area contributed by atoms with E-state index in [1.165, 1.54) is 0 Å². The molecule has 1 aliphatic heterocycles. The fourth-order valence-corrected chi connectivity index (χ4v) is 0.908. The number of rotatable bonds is 2. The minimum Gasteiger partial charge on any atom is -0.358 e. The van der Waals surface area contributed by atoms with Crippen molar-refractivity contribution in [3.05, 3.63) is 12.2 Å². The highest BCUT2D eigenvalue weighted by Crippen LogP contribution is 2.36. The average molecular weight is 140 g/mol. The number of carbonyl (C=O) groups is 1. The Morgan fingerprint density at radius 1 is 1.70 bits per heavy atom. The number of hydrogen-bond donors (Lipinski definition) is 0. The molecule has 1 aliphatic rings. The first-order valence-electron chi connectivity index (χ1n) is 3.46. The standard InChI is InChI=1S/C8H12O2/c1-4-5-7(9)8(3)6(2)10-8/h4-6H,1-3H3/b5-4+/t6-,8+/m0/s1. The first kappa shape index (κ1) is 7.48. The van der Waals surface area contributed by atoms with Crippen LogP contribution < -0.4 is 0 Å². The molecule has 1 rings (SSSR count). The van der Waals surface area contributed by atoms with Crippen LogP contribution in [0.5, 0.6) is 0 Å². The van der Waals surface area contributed by atoms with Gasteiger partial charge in [0.25, 0.3) is 0 Å². The summed E-state index contributed by atoms with van der Waals surface area (Å²) in [5.41, 5.74) is -0.507. The van der Waals surface area contributed by atoms with Crippen LogP contribution in [-0.2, 0) is 9.53 Å². The van der Waals surface area contributed by atoms with Crippen molar-refractivity contribution in [2.45, 2.75) is 32.5 Å². The second kappa shape index (κ2) is 2.20. The lowest BCUT2D eigenvalue weighted by atomic mass is 10.0. The van der Waals surface area contributed by atoms with Crippen molar-refractivity contribution in [3.63, 3.8) is 0 Å². The average Bonchev–Trinajstić information content (AvgIpc) is 2.43. The van der Waals surface area contributed by atoms with Gasteiger partial charge < -0.3 is 4.74 Å². The van der Waals surface area contributed by atoms with Gasteiger partial charge in [0, 0.05) is 0 Å². The highest BCUT2D eigenvalue weighted by Gasteiger charge is 2.53. The molecular weight excluding hydrogens is 128 g/mol. The summed E-state index contributed by atoms with van der Waals surface area (Å²) in [4.78, 5) is 11.1. The molecule has 0 aromatic rings. The maximum Gasteiger partial charge on any atom is 0.189 e. The molecule has 0 bridgehead atoms. The SMILES string of the molecule is C/C=C/C(=O)[C@]1(C)O[C@H]1C. The number of epoxide rings is 1. The molecule has 0 aliphatic carbocycles. The van der Waals surface area contributed by atoms with E-state index in [1.54, 1.807) is 12.2 Å². The normalized spacial score (nSPS) is 38.5. The van der Waals surface area contributed by atoms with Gasteiger partial charge in [0.15, 0.2) is 11.4 Å². The topological polar surface area (TPSA) is 29.6 Å². The van der Waals surface area contributed by atoms with Gasteiger partial charge in [-0.2, -0.15) is 0 Å². The highest BCUT2D eigenvalue weighted by atomic mass is 16.6. The van der Waals surface area contributed by atoms with Gasteiger partial charge in [0.05, 0.1) is 6.10 Å². The summed E-state index contributed by atoms with van der Waals surface area (Å²) in [6, 6.07) is 0. The van der Waals surface area contributed by atoms with Crippen molar-refractivity contribution in [1.82, 2.24) is 0 Å². The molecule has 0 aromatic carbocycles. The molecule has 0 spiro atoms. The van der Waals surface area contributed by atoms with E-state index in [0.29, 0.717) is 0 Å². The molecule has 0 amide bonds. The zero-order valence-corrected chi connectivity index (χ0v) is 6.55. The van der Waals surface area contributed by atoms with Gasteiger partial charge in [-0.15, -0.1) is 0 Å². The van der Waals surface area contributed by atoms with Gasteiger partial charge in [0.1, 0.15) is 0 Å². The van der Waals surface area contributed by atoms with Gasteiger partial charge in [-0.3, -0.25) is 4.79 Å². The summed E-state index contributed by atoms with van der Waals surface area (Å²) in [5.74, 6) is 0.0718. The van der Waals surface area contributed by atoms with E-state index in [-0.39, 0.29) is 11.9 Å². The van der Waals surface area contributed by atoms with E-state index < -0.39 is 5.60 Å². The molecule has 1 fully saturated rings. The summed E-state index contributed by atoms with van der Waals surface area (Å²) in [7, 11) is 0. The third-order valence-electron chi connectivity index (χ3n) is 1.95. The maximum absolute atomic E-state index is 11.1. The Morgan fingerprint density at radius 3 is 2.50 bits per heavy atom. The number of allylic oxidation sites excluding steroid dienone is 1. The maximum atomic E-state index is 11.1. The zero-order valence-electron chi connectivity index (χ0n) is 6.55. The fraction of sp³-hybridized carbons (Fsp3) is 0.625. The summed E-state index contributed by atoms with van der Waals surface area (Å²) in [6.45, 7) is 5.55. The van der Waals surface area contributed by atoms with Gasteiger partial charge >= 0.3 is 0 Å². The van der Waals surface area contributed by atoms with E-state index in [1.807, 2.05) is 20.8 Å². The van der Waals surface area contributed by atoms with Crippen molar-refractivity contribution in [2.24, 2.45) is 0 Å². The van der Waals surface area contributed by atoms with Crippen LogP contribution >= 0.6 is 0 Å². The van der Waals surface area contributed by atoms with Crippen LogP contribution in [-0.4, -0.2) is 17.5 Å². The van der Waals surface area contributed by atoms with E-state index in [2.05, 4.69) is 0 Å². The Labute approximate surface area is 60.9 Å². The molecule has 0 saturated carbocycles. The van der Waals surface area contributed by atoms with E-state index in [4.69, 9.17) is 4.74 Å². The molecule has 2 heteroatoms. The zero-order chi connectivity index (χ0) is 7.78. The second-order valence-corrected chi connectivity index (χ2v) is 2.73. The van der Waals surface area contributed by atoms with E-state index in [9.17, 15) is 4.79 Å². The van der Waals surface area contributed by atoms with Crippen molar-refractivity contribution in [1.29, 1.82) is 0 Å². The van der Waals surface area contributed by atoms with Gasteiger partial charge in [-0.05, 0) is 26.8 Å². The fourth-order valence-electron chi connectivity index (χ4n) is 0.908. The summed E-state index contributed by atoms with van der Waals surface area (Å²) >= 11 is 0. The monoisotopic (exact) mass is 140 g/mol. The number of ether oxygens (including phenoxy) is 1. The van der Waals surface area contributed by atoms with Crippen LogP contribution in [0.25, 0.3) is 0 Å². The van der Waals surface area contributed by atoms with Crippen LogP contribution in [0.4, 0.5) is 0 Å². The van der Waals surface area contributed by atoms with Gasteiger partial charge in [-0.1, -0.05) is 6.08 Å². The predicted molar refractivity (Wildman–Crippen MR) is 38.8 cm³/mol. The van der Waals surface area contributed by atoms with Crippen molar-refractivity contribution < 1.29 is 9.53 Å². The van der Waals surface area contributed by atoms with Crippen LogP contribution in [0.2, 0.25) is 0 Å². The Morgan fingerprint density at radius 2 is 2.20 bits per heavy atom. The van der Waals surface area contributed by atoms with Gasteiger partial charge in [0.2, 0.25) is 0 Å². The molecule has 0 radical (unpaired) electrons. The Bertz CT molecular complexity index is 184. The predicted octanol–water partition coefficient (Wildman–Crippen LogP) is 1.31. The Kier molecular flexibility index (Phi) is 1.65. The third kappa shape index (κ3) is 0.991. The lowest BCUT2D eigenvalue weighted by Crippen LogP contribution is -2.19. The summed E-state index contributed by atoms with van der Waals surface area (Å²) < 4.78 is 5.12. The highest BCUT2D eigenvalue weighted by molar-refractivity contribution is 5.99. The Hall–Kier alpha value is -0.630. The molecule has 2 atom stereocenters. The number of carbonyl (C=O) groups excluding carboxylic acids is 1. The molecule has 56 valence electrons. The summed E-state index contributed by atoms with van der Waals surface area (Å²) in [5, 5.41) is 0. The lowest BCUT2D eigenvalue weighted by Gasteiger charge is -1.96. The van der Waals surface area contributed by atoms with Crippen molar-refractivity contribution in [2.75, 3.05) is 0 Å². The first-order chi connectivity index (χ1) is 4.61. The molecule has 10 heavy (non-hydrogen) atoms. The number of hydrogen-bond acceptors (Lipinski definition) is 2. The summed E-state index contributed by atoms with van der Waals surface area (Å²) in [6.07, 6.45) is 3.39. The third-order valence-corrected chi connectivity index (χ3v) is 1.95. The van der Waals surface area contributed by atoms with Crippen LogP contribution in [0.15, 0.2) is 12.2 Å². The van der Waals surface area contributed by atoms with Crippen LogP contribution in [0.3, 0.4) is 0 Å². The largest absolute Gasteiger partial charge is 0.358 e. The molecule has 0 unspecified atom stereocenters. The minimum absolute atomic E-state index is 0.0718. The van der Waals surface area contributed by atoms with Crippen LogP contribution in [0.1, 0.15) is 20.8 Å². The molecular formula is C8H12O2. The second-order valence-electron chi connectivity index (χ2n) is 2.73. The first-order valence-corrected chi connectivity index (χ1v) is 3.46.